The molecule has 2 heterocycles. The SMILES string of the molecule is CCNC(=NCC(C(C)C)N1CCOCC1)NCCOCC1CCCO1.I. The molecule has 160 valence electrons. The van der Waals surface area contributed by atoms with Crippen LogP contribution in [0.4, 0.5) is 0 Å². The number of morpholine rings is 1. The monoisotopic (exact) mass is 498 g/mol. The van der Waals surface area contributed by atoms with E-state index in [1.54, 1.807) is 0 Å². The van der Waals surface area contributed by atoms with Crippen LogP contribution in [-0.4, -0.2) is 88.8 Å². The first-order chi connectivity index (χ1) is 12.7. The lowest BCUT2D eigenvalue weighted by molar-refractivity contribution is 0.00865. The summed E-state index contributed by atoms with van der Waals surface area (Å²) in [6, 6.07) is 0.449. The molecule has 0 aromatic heterocycles. The summed E-state index contributed by atoms with van der Waals surface area (Å²) in [6.07, 6.45) is 2.57. The fourth-order valence-corrected chi connectivity index (χ4v) is 3.42. The quantitative estimate of drug-likeness (QED) is 0.207. The van der Waals surface area contributed by atoms with Crippen LogP contribution in [0.5, 0.6) is 0 Å². The van der Waals surface area contributed by atoms with E-state index in [0.717, 1.165) is 71.3 Å². The van der Waals surface area contributed by atoms with Crippen LogP contribution >= 0.6 is 24.0 Å². The number of guanidine groups is 1. The van der Waals surface area contributed by atoms with E-state index in [2.05, 4.69) is 36.3 Å². The highest BCUT2D eigenvalue weighted by atomic mass is 127. The second-order valence-corrected chi connectivity index (χ2v) is 7.32. The first kappa shape index (κ1) is 24.9. The molecule has 2 atom stereocenters. The van der Waals surface area contributed by atoms with Gasteiger partial charge < -0.3 is 24.8 Å². The smallest absolute Gasteiger partial charge is 0.191 e. The summed E-state index contributed by atoms with van der Waals surface area (Å²) in [5.41, 5.74) is 0. The summed E-state index contributed by atoms with van der Waals surface area (Å²) >= 11 is 0. The Morgan fingerprint density at radius 1 is 1.22 bits per heavy atom. The van der Waals surface area contributed by atoms with Gasteiger partial charge in [0, 0.05) is 38.8 Å². The van der Waals surface area contributed by atoms with Gasteiger partial charge in [0.1, 0.15) is 0 Å². The Morgan fingerprint density at radius 3 is 2.63 bits per heavy atom. The largest absolute Gasteiger partial charge is 0.379 e. The summed E-state index contributed by atoms with van der Waals surface area (Å²) in [5.74, 6) is 1.43. The number of aliphatic imine (C=N–C) groups is 1. The summed E-state index contributed by atoms with van der Waals surface area (Å²) in [4.78, 5) is 7.32. The number of nitrogens with one attached hydrogen (secondary N) is 2. The third-order valence-electron chi connectivity index (χ3n) is 4.93. The molecule has 0 aromatic carbocycles. The molecule has 0 aromatic rings. The van der Waals surface area contributed by atoms with Gasteiger partial charge in [-0.3, -0.25) is 9.89 Å². The van der Waals surface area contributed by atoms with Crippen LogP contribution in [0.25, 0.3) is 0 Å². The Balaban J connectivity index is 0.00000364. The lowest BCUT2D eigenvalue weighted by Crippen LogP contribution is -2.48. The second kappa shape index (κ2) is 14.8. The van der Waals surface area contributed by atoms with Crippen molar-refractivity contribution in [3.63, 3.8) is 0 Å². The van der Waals surface area contributed by atoms with Crippen molar-refractivity contribution in [3.05, 3.63) is 0 Å². The molecule has 8 heteroatoms. The minimum Gasteiger partial charge on any atom is -0.379 e. The number of hydrogen-bond donors (Lipinski definition) is 2. The Labute approximate surface area is 182 Å². The van der Waals surface area contributed by atoms with Gasteiger partial charge >= 0.3 is 0 Å². The Bertz CT molecular complexity index is 400. The molecule has 0 bridgehead atoms. The van der Waals surface area contributed by atoms with E-state index in [1.165, 1.54) is 0 Å². The molecular formula is C19H39IN4O3. The zero-order chi connectivity index (χ0) is 18.6. The molecule has 7 nitrogen and oxygen atoms in total. The Morgan fingerprint density at radius 2 is 2.00 bits per heavy atom. The van der Waals surface area contributed by atoms with Gasteiger partial charge in [0.25, 0.3) is 0 Å². The first-order valence-corrected chi connectivity index (χ1v) is 10.2. The fraction of sp³-hybridized carbons (Fsp3) is 0.947. The van der Waals surface area contributed by atoms with Crippen molar-refractivity contribution in [3.8, 4) is 0 Å². The van der Waals surface area contributed by atoms with Crippen LogP contribution in [0.1, 0.15) is 33.6 Å². The number of hydrogen-bond acceptors (Lipinski definition) is 5. The van der Waals surface area contributed by atoms with E-state index in [4.69, 9.17) is 19.2 Å². The summed E-state index contributed by atoms with van der Waals surface area (Å²) in [7, 11) is 0. The molecule has 0 saturated carbocycles. The third-order valence-corrected chi connectivity index (χ3v) is 4.93. The zero-order valence-electron chi connectivity index (χ0n) is 17.2. The zero-order valence-corrected chi connectivity index (χ0v) is 19.6. The van der Waals surface area contributed by atoms with Gasteiger partial charge in [-0.2, -0.15) is 0 Å². The average Bonchev–Trinajstić information content (AvgIpc) is 3.15. The lowest BCUT2D eigenvalue weighted by Gasteiger charge is -2.36. The lowest BCUT2D eigenvalue weighted by atomic mass is 10.0. The summed E-state index contributed by atoms with van der Waals surface area (Å²) in [5, 5.41) is 6.70. The van der Waals surface area contributed by atoms with Crippen molar-refractivity contribution in [1.29, 1.82) is 0 Å². The van der Waals surface area contributed by atoms with Gasteiger partial charge in [-0.15, -0.1) is 24.0 Å². The van der Waals surface area contributed by atoms with E-state index in [9.17, 15) is 0 Å². The number of halogens is 1. The molecule has 2 aliphatic rings. The molecule has 2 saturated heterocycles. The van der Waals surface area contributed by atoms with E-state index < -0.39 is 0 Å². The van der Waals surface area contributed by atoms with E-state index >= 15 is 0 Å². The topological polar surface area (TPSA) is 67.4 Å². The summed E-state index contributed by atoms with van der Waals surface area (Å²) < 4.78 is 16.8. The average molecular weight is 498 g/mol. The molecule has 27 heavy (non-hydrogen) atoms. The maximum atomic E-state index is 5.71. The Kier molecular flexibility index (Phi) is 13.6. The van der Waals surface area contributed by atoms with Gasteiger partial charge in [-0.25, -0.2) is 0 Å². The van der Waals surface area contributed by atoms with Gasteiger partial charge in [-0.1, -0.05) is 13.8 Å². The van der Waals surface area contributed by atoms with Gasteiger partial charge in [-0.05, 0) is 25.7 Å². The fourth-order valence-electron chi connectivity index (χ4n) is 3.42. The molecule has 2 rings (SSSR count). The van der Waals surface area contributed by atoms with Crippen LogP contribution in [0, 0.1) is 5.92 Å². The maximum absolute atomic E-state index is 5.71. The van der Waals surface area contributed by atoms with E-state index in [0.29, 0.717) is 25.2 Å². The summed E-state index contributed by atoms with van der Waals surface area (Å²) in [6.45, 7) is 14.9. The highest BCUT2D eigenvalue weighted by molar-refractivity contribution is 14.0. The third kappa shape index (κ3) is 9.74. The molecular weight excluding hydrogens is 459 g/mol. The molecule has 0 radical (unpaired) electrons. The van der Waals surface area contributed by atoms with Crippen LogP contribution in [0.3, 0.4) is 0 Å². The number of rotatable bonds is 10. The first-order valence-electron chi connectivity index (χ1n) is 10.2. The van der Waals surface area contributed by atoms with Crippen LogP contribution in [0.15, 0.2) is 4.99 Å². The Hall–Kier alpha value is -0.160. The number of ether oxygens (including phenoxy) is 3. The molecule has 0 aliphatic carbocycles. The molecule has 2 N–H and O–H groups in total. The molecule has 2 aliphatic heterocycles. The normalized spacial score (nSPS) is 22.5. The van der Waals surface area contributed by atoms with Gasteiger partial charge in [0.05, 0.1) is 39.1 Å². The minimum absolute atomic E-state index is 0. The molecule has 0 amide bonds. The van der Waals surface area contributed by atoms with Crippen molar-refractivity contribution in [2.45, 2.75) is 45.8 Å². The van der Waals surface area contributed by atoms with Crippen LogP contribution < -0.4 is 10.6 Å². The van der Waals surface area contributed by atoms with Crippen molar-refractivity contribution in [1.82, 2.24) is 15.5 Å². The number of nitrogens with zero attached hydrogens (tertiary/aromatic N) is 2. The second-order valence-electron chi connectivity index (χ2n) is 7.32. The predicted octanol–water partition coefficient (Wildman–Crippen LogP) is 1.71. The van der Waals surface area contributed by atoms with Gasteiger partial charge in [0.2, 0.25) is 0 Å². The highest BCUT2D eigenvalue weighted by Gasteiger charge is 2.23. The van der Waals surface area contributed by atoms with Crippen molar-refractivity contribution in [2.24, 2.45) is 10.9 Å². The van der Waals surface area contributed by atoms with E-state index in [1.807, 2.05) is 0 Å². The van der Waals surface area contributed by atoms with E-state index in [-0.39, 0.29) is 30.1 Å². The van der Waals surface area contributed by atoms with Crippen LogP contribution in [-0.2, 0) is 14.2 Å². The molecule has 0 spiro atoms. The maximum Gasteiger partial charge on any atom is 0.191 e. The van der Waals surface area contributed by atoms with Crippen molar-refractivity contribution >= 4 is 29.9 Å². The predicted molar refractivity (Wildman–Crippen MR) is 120 cm³/mol. The van der Waals surface area contributed by atoms with Crippen molar-refractivity contribution < 1.29 is 14.2 Å². The molecule has 2 fully saturated rings. The highest BCUT2D eigenvalue weighted by Crippen LogP contribution is 2.13. The molecule has 2 unspecified atom stereocenters. The standard InChI is InChI=1S/C19H38N4O3.HI/c1-4-20-19(21-7-11-25-15-17-6-5-10-26-17)22-14-18(16(2)3)23-8-12-24-13-9-23;/h16-18H,4-15H2,1-3H3,(H2,20,21,22);1H. The van der Waals surface area contributed by atoms with Crippen LogP contribution in [0.2, 0.25) is 0 Å². The minimum atomic E-state index is 0. The van der Waals surface area contributed by atoms with Crippen molar-refractivity contribution in [2.75, 3.05) is 65.8 Å². The van der Waals surface area contributed by atoms with Gasteiger partial charge in [0.15, 0.2) is 5.96 Å².